The number of rotatable bonds is 3. The van der Waals surface area contributed by atoms with E-state index in [4.69, 9.17) is 4.74 Å². The molecule has 5 nitrogen and oxygen atoms in total. The fourth-order valence-corrected chi connectivity index (χ4v) is 3.17. The Balaban J connectivity index is 1.87. The van der Waals surface area contributed by atoms with Crippen molar-refractivity contribution in [2.45, 2.75) is 26.7 Å². The average Bonchev–Trinajstić information content (AvgIpc) is 2.78. The summed E-state index contributed by atoms with van der Waals surface area (Å²) < 4.78 is 5.18. The number of allylic oxidation sites excluding steroid dienone is 2. The van der Waals surface area contributed by atoms with Gasteiger partial charge in [0.25, 0.3) is 0 Å². The zero-order valence-electron chi connectivity index (χ0n) is 13.7. The van der Waals surface area contributed by atoms with Gasteiger partial charge in [0, 0.05) is 11.6 Å². The highest BCUT2D eigenvalue weighted by Gasteiger charge is 2.48. The lowest BCUT2D eigenvalue weighted by Crippen LogP contribution is -2.30. The Morgan fingerprint density at radius 3 is 2.67 bits per heavy atom. The minimum atomic E-state index is -0.542. The highest BCUT2D eigenvalue weighted by molar-refractivity contribution is 6.22. The average molecular weight is 325 g/mol. The lowest BCUT2D eigenvalue weighted by Gasteiger charge is -2.18. The molecular weight excluding hydrogens is 306 g/mol. The monoisotopic (exact) mass is 325 g/mol. The van der Waals surface area contributed by atoms with Gasteiger partial charge in [-0.15, -0.1) is 0 Å². The molecule has 2 amide bonds. The van der Waals surface area contributed by atoms with E-state index in [1.54, 1.807) is 25.1 Å². The zero-order chi connectivity index (χ0) is 17.4. The molecule has 1 aromatic carbocycles. The number of ether oxygens (including phenoxy) is 1. The van der Waals surface area contributed by atoms with Crippen molar-refractivity contribution in [3.05, 3.63) is 48.1 Å². The number of amides is 2. The van der Waals surface area contributed by atoms with E-state index < -0.39 is 5.97 Å². The smallest absolute Gasteiger partial charge is 0.338 e. The first-order valence-corrected chi connectivity index (χ1v) is 7.89. The SMILES string of the molecule is C=C(C)C(=O)Oc1cccc(N2C(=O)C3CC=C(C)CC3C2=O)c1. The lowest BCUT2D eigenvalue weighted by molar-refractivity contribution is -0.130. The van der Waals surface area contributed by atoms with Gasteiger partial charge in [-0.05, 0) is 38.8 Å². The van der Waals surface area contributed by atoms with Crippen molar-refractivity contribution < 1.29 is 19.1 Å². The molecule has 0 radical (unpaired) electrons. The van der Waals surface area contributed by atoms with Crippen LogP contribution in [0.4, 0.5) is 5.69 Å². The predicted octanol–water partition coefficient (Wildman–Crippen LogP) is 3.01. The van der Waals surface area contributed by atoms with Gasteiger partial charge in [-0.25, -0.2) is 9.69 Å². The van der Waals surface area contributed by atoms with Crippen LogP contribution in [0.25, 0.3) is 0 Å². The molecule has 124 valence electrons. The first-order valence-electron chi connectivity index (χ1n) is 7.89. The molecule has 0 bridgehead atoms. The van der Waals surface area contributed by atoms with E-state index in [-0.39, 0.29) is 35.0 Å². The maximum absolute atomic E-state index is 12.7. The second-order valence-corrected chi connectivity index (χ2v) is 6.38. The molecule has 0 spiro atoms. The molecule has 2 unspecified atom stereocenters. The van der Waals surface area contributed by atoms with Gasteiger partial charge in [-0.1, -0.05) is 24.3 Å². The minimum absolute atomic E-state index is 0.180. The number of carbonyl (C=O) groups is 3. The van der Waals surface area contributed by atoms with Gasteiger partial charge in [0.1, 0.15) is 5.75 Å². The van der Waals surface area contributed by atoms with Crippen molar-refractivity contribution in [3.63, 3.8) is 0 Å². The molecule has 1 aliphatic heterocycles. The topological polar surface area (TPSA) is 63.7 Å². The van der Waals surface area contributed by atoms with Crippen LogP contribution < -0.4 is 9.64 Å². The predicted molar refractivity (Wildman–Crippen MR) is 89.4 cm³/mol. The normalized spacial score (nSPS) is 22.9. The van der Waals surface area contributed by atoms with Gasteiger partial charge in [0.05, 0.1) is 17.5 Å². The van der Waals surface area contributed by atoms with Gasteiger partial charge in [-0.2, -0.15) is 0 Å². The van der Waals surface area contributed by atoms with Gasteiger partial charge >= 0.3 is 5.97 Å². The Hall–Kier alpha value is -2.69. The van der Waals surface area contributed by atoms with Crippen LogP contribution >= 0.6 is 0 Å². The Kier molecular flexibility index (Phi) is 4.09. The number of hydrogen-bond acceptors (Lipinski definition) is 4. The Labute approximate surface area is 140 Å². The van der Waals surface area contributed by atoms with Crippen molar-refractivity contribution in [2.24, 2.45) is 11.8 Å². The first-order chi connectivity index (χ1) is 11.4. The first kappa shape index (κ1) is 16.2. The summed E-state index contributed by atoms with van der Waals surface area (Å²) in [4.78, 5) is 38.2. The summed E-state index contributed by atoms with van der Waals surface area (Å²) in [5.41, 5.74) is 1.86. The highest BCUT2D eigenvalue weighted by Crippen LogP contribution is 2.40. The quantitative estimate of drug-likeness (QED) is 0.282. The van der Waals surface area contributed by atoms with Crippen LogP contribution in [0.1, 0.15) is 26.7 Å². The van der Waals surface area contributed by atoms with E-state index in [2.05, 4.69) is 6.58 Å². The van der Waals surface area contributed by atoms with Gasteiger partial charge in [0.2, 0.25) is 11.8 Å². The second kappa shape index (κ2) is 6.07. The van der Waals surface area contributed by atoms with Crippen molar-refractivity contribution in [1.29, 1.82) is 0 Å². The summed E-state index contributed by atoms with van der Waals surface area (Å²) in [7, 11) is 0. The fraction of sp³-hybridized carbons (Fsp3) is 0.316. The molecule has 2 aliphatic rings. The number of carbonyl (C=O) groups excluding carboxylic acids is 3. The molecule has 0 aromatic heterocycles. The van der Waals surface area contributed by atoms with Crippen LogP contribution in [0.3, 0.4) is 0 Å². The summed E-state index contributed by atoms with van der Waals surface area (Å²) in [6.07, 6.45) is 3.25. The second-order valence-electron chi connectivity index (χ2n) is 6.38. The maximum Gasteiger partial charge on any atom is 0.338 e. The summed E-state index contributed by atoms with van der Waals surface area (Å²) >= 11 is 0. The van der Waals surface area contributed by atoms with Crippen molar-refractivity contribution >= 4 is 23.5 Å². The molecule has 5 heteroatoms. The third-order valence-electron chi connectivity index (χ3n) is 4.46. The standard InChI is InChI=1S/C19H19NO4/c1-11(2)19(23)24-14-6-4-5-13(10-14)20-17(21)15-8-7-12(3)9-16(15)18(20)22/h4-7,10,15-16H,1,8-9H2,2-3H3. The minimum Gasteiger partial charge on any atom is -0.423 e. The van der Waals surface area contributed by atoms with Crippen LogP contribution in [0, 0.1) is 11.8 Å². The Morgan fingerprint density at radius 2 is 1.96 bits per heavy atom. The molecule has 3 rings (SSSR count). The summed E-state index contributed by atoms with van der Waals surface area (Å²) in [5, 5.41) is 0. The van der Waals surface area contributed by atoms with Crippen LogP contribution in [0.5, 0.6) is 5.75 Å². The molecule has 1 saturated heterocycles. The Bertz CT molecular complexity index is 777. The van der Waals surface area contributed by atoms with E-state index in [9.17, 15) is 14.4 Å². The molecule has 1 fully saturated rings. The number of nitrogens with zero attached hydrogens (tertiary/aromatic N) is 1. The van der Waals surface area contributed by atoms with Crippen LogP contribution in [-0.4, -0.2) is 17.8 Å². The van der Waals surface area contributed by atoms with E-state index in [0.29, 0.717) is 18.5 Å². The molecule has 1 heterocycles. The molecule has 1 aliphatic carbocycles. The van der Waals surface area contributed by atoms with Crippen LogP contribution in [-0.2, 0) is 14.4 Å². The summed E-state index contributed by atoms with van der Waals surface area (Å²) in [6.45, 7) is 7.07. The molecular formula is C19H19NO4. The van der Waals surface area contributed by atoms with Crippen LogP contribution in [0.15, 0.2) is 48.1 Å². The molecule has 0 N–H and O–H groups in total. The number of hydrogen-bond donors (Lipinski definition) is 0. The summed E-state index contributed by atoms with van der Waals surface area (Å²) in [6, 6.07) is 6.47. The van der Waals surface area contributed by atoms with E-state index >= 15 is 0 Å². The largest absolute Gasteiger partial charge is 0.423 e. The lowest BCUT2D eigenvalue weighted by atomic mass is 9.82. The molecule has 1 aromatic rings. The number of benzene rings is 1. The number of anilines is 1. The van der Waals surface area contributed by atoms with Crippen molar-refractivity contribution in [3.8, 4) is 5.75 Å². The number of imide groups is 1. The Morgan fingerprint density at radius 1 is 1.25 bits per heavy atom. The van der Waals surface area contributed by atoms with Gasteiger partial charge in [-0.3, -0.25) is 9.59 Å². The van der Waals surface area contributed by atoms with E-state index in [1.165, 1.54) is 11.0 Å². The third-order valence-corrected chi connectivity index (χ3v) is 4.46. The van der Waals surface area contributed by atoms with Gasteiger partial charge in [0.15, 0.2) is 0 Å². The van der Waals surface area contributed by atoms with E-state index in [1.807, 2.05) is 13.0 Å². The van der Waals surface area contributed by atoms with E-state index in [0.717, 1.165) is 5.57 Å². The summed E-state index contributed by atoms with van der Waals surface area (Å²) in [5.74, 6) is -1.20. The third kappa shape index (κ3) is 2.77. The maximum atomic E-state index is 12.7. The number of esters is 1. The molecule has 24 heavy (non-hydrogen) atoms. The van der Waals surface area contributed by atoms with Crippen molar-refractivity contribution in [2.75, 3.05) is 4.90 Å². The zero-order valence-corrected chi connectivity index (χ0v) is 13.7. The van der Waals surface area contributed by atoms with Gasteiger partial charge < -0.3 is 4.74 Å². The highest BCUT2D eigenvalue weighted by atomic mass is 16.5. The van der Waals surface area contributed by atoms with Crippen molar-refractivity contribution in [1.82, 2.24) is 0 Å². The molecule has 0 saturated carbocycles. The van der Waals surface area contributed by atoms with Crippen LogP contribution in [0.2, 0.25) is 0 Å². The fourth-order valence-electron chi connectivity index (χ4n) is 3.17. The molecule has 2 atom stereocenters. The number of fused-ring (bicyclic) bond motifs is 1.